The Labute approximate surface area is 123 Å². The number of rotatable bonds is 1. The molecule has 110 valence electrons. The maximum absolute atomic E-state index is 12.3. The van der Waals surface area contributed by atoms with E-state index in [-0.39, 0.29) is 30.4 Å². The highest BCUT2D eigenvalue weighted by atomic mass is 16.5. The molecule has 0 saturated carbocycles. The minimum atomic E-state index is -0.306. The third-order valence-electron chi connectivity index (χ3n) is 4.62. The Morgan fingerprint density at radius 1 is 0.952 bits per heavy atom. The molecule has 0 bridgehead atoms. The standard InChI is InChI=1S/C16H18N2O3/c1-10-2-4-11(5-3-10)16-17-12(19)6-8-14(17)21-15-9-7-13(20)18(15)16/h2-5,14-16H,6-9H2,1H3/t14-,15+,16?. The summed E-state index contributed by atoms with van der Waals surface area (Å²) in [5.74, 6) is 0.146. The number of hydrogen-bond donors (Lipinski definition) is 0. The lowest BCUT2D eigenvalue weighted by molar-refractivity contribution is -0.225. The fourth-order valence-corrected chi connectivity index (χ4v) is 3.58. The van der Waals surface area contributed by atoms with Crippen LogP contribution in [0.4, 0.5) is 0 Å². The molecule has 0 radical (unpaired) electrons. The van der Waals surface area contributed by atoms with E-state index in [1.807, 2.05) is 31.2 Å². The molecule has 0 spiro atoms. The van der Waals surface area contributed by atoms with E-state index < -0.39 is 0 Å². The highest BCUT2D eigenvalue weighted by Gasteiger charge is 2.51. The number of fused-ring (bicyclic) bond motifs is 2. The van der Waals surface area contributed by atoms with E-state index in [0.29, 0.717) is 12.8 Å². The highest BCUT2D eigenvalue weighted by molar-refractivity contribution is 5.83. The lowest BCUT2D eigenvalue weighted by Crippen LogP contribution is -2.56. The molecule has 3 atom stereocenters. The van der Waals surface area contributed by atoms with Crippen molar-refractivity contribution in [2.24, 2.45) is 0 Å². The molecule has 3 fully saturated rings. The molecule has 5 heteroatoms. The number of carbonyl (C=O) groups excluding carboxylic acids is 2. The zero-order chi connectivity index (χ0) is 14.6. The van der Waals surface area contributed by atoms with Crippen LogP contribution < -0.4 is 0 Å². The predicted molar refractivity (Wildman–Crippen MR) is 74.7 cm³/mol. The minimum absolute atomic E-state index is 0.0729. The molecule has 21 heavy (non-hydrogen) atoms. The lowest BCUT2D eigenvalue weighted by Gasteiger charge is -2.47. The summed E-state index contributed by atoms with van der Waals surface area (Å²) in [6.07, 6.45) is 1.77. The SMILES string of the molecule is Cc1ccc(C2N3C(=O)CC[C@@H]3O[C@@H]3CCC(=O)N23)cc1. The summed E-state index contributed by atoms with van der Waals surface area (Å²) in [7, 11) is 0. The normalized spacial score (nSPS) is 31.6. The van der Waals surface area contributed by atoms with E-state index in [1.54, 1.807) is 9.80 Å². The monoisotopic (exact) mass is 286 g/mol. The summed E-state index contributed by atoms with van der Waals surface area (Å²) in [6, 6.07) is 8.07. The fraction of sp³-hybridized carbons (Fsp3) is 0.500. The summed E-state index contributed by atoms with van der Waals surface area (Å²) in [6.45, 7) is 2.03. The van der Waals surface area contributed by atoms with Gasteiger partial charge in [0.1, 0.15) is 18.6 Å². The van der Waals surface area contributed by atoms with E-state index in [1.165, 1.54) is 5.56 Å². The fourth-order valence-electron chi connectivity index (χ4n) is 3.58. The van der Waals surface area contributed by atoms with Crippen LogP contribution in [0.3, 0.4) is 0 Å². The number of amides is 2. The van der Waals surface area contributed by atoms with Crippen molar-refractivity contribution >= 4 is 11.8 Å². The molecule has 1 aromatic rings. The number of ether oxygens (including phenoxy) is 1. The molecule has 1 unspecified atom stereocenters. The van der Waals surface area contributed by atoms with Gasteiger partial charge in [0.15, 0.2) is 0 Å². The Morgan fingerprint density at radius 3 is 2.00 bits per heavy atom. The molecule has 3 aliphatic rings. The number of nitrogens with zero attached hydrogens (tertiary/aromatic N) is 2. The van der Waals surface area contributed by atoms with E-state index >= 15 is 0 Å². The Balaban J connectivity index is 1.79. The highest BCUT2D eigenvalue weighted by Crippen LogP contribution is 2.43. The smallest absolute Gasteiger partial charge is 0.226 e. The van der Waals surface area contributed by atoms with Gasteiger partial charge in [-0.15, -0.1) is 0 Å². The molecule has 3 heterocycles. The van der Waals surface area contributed by atoms with Crippen LogP contribution in [0, 0.1) is 6.92 Å². The van der Waals surface area contributed by atoms with Gasteiger partial charge in [0.25, 0.3) is 0 Å². The maximum atomic E-state index is 12.3. The van der Waals surface area contributed by atoms with Crippen LogP contribution in [0.1, 0.15) is 43.0 Å². The van der Waals surface area contributed by atoms with Gasteiger partial charge in [0, 0.05) is 25.7 Å². The van der Waals surface area contributed by atoms with Gasteiger partial charge in [-0.3, -0.25) is 19.4 Å². The van der Waals surface area contributed by atoms with E-state index in [0.717, 1.165) is 18.4 Å². The largest absolute Gasteiger partial charge is 0.335 e. The van der Waals surface area contributed by atoms with Crippen molar-refractivity contribution in [1.29, 1.82) is 0 Å². The molecule has 0 N–H and O–H groups in total. The summed E-state index contributed by atoms with van der Waals surface area (Å²) >= 11 is 0. The van der Waals surface area contributed by atoms with Crippen LogP contribution in [0.5, 0.6) is 0 Å². The topological polar surface area (TPSA) is 49.9 Å². The zero-order valence-electron chi connectivity index (χ0n) is 12.0. The van der Waals surface area contributed by atoms with Gasteiger partial charge in [-0.05, 0) is 12.5 Å². The molecule has 4 rings (SSSR count). The quantitative estimate of drug-likeness (QED) is 0.792. The second-order valence-corrected chi connectivity index (χ2v) is 6.01. The molecular formula is C16H18N2O3. The van der Waals surface area contributed by atoms with Gasteiger partial charge in [0.05, 0.1) is 0 Å². The van der Waals surface area contributed by atoms with Crippen molar-refractivity contribution in [1.82, 2.24) is 9.80 Å². The Bertz CT molecular complexity index is 568. The Hall–Kier alpha value is -1.88. The van der Waals surface area contributed by atoms with Gasteiger partial charge in [-0.25, -0.2) is 0 Å². The number of aryl methyl sites for hydroxylation is 1. The molecule has 5 nitrogen and oxygen atoms in total. The number of benzene rings is 1. The first-order valence-corrected chi connectivity index (χ1v) is 7.49. The summed E-state index contributed by atoms with van der Waals surface area (Å²) in [5.41, 5.74) is 2.16. The lowest BCUT2D eigenvalue weighted by atomic mass is 10.1. The number of carbonyl (C=O) groups is 2. The van der Waals surface area contributed by atoms with Crippen molar-refractivity contribution < 1.29 is 14.3 Å². The molecule has 3 aliphatic heterocycles. The van der Waals surface area contributed by atoms with E-state index in [2.05, 4.69) is 0 Å². The molecule has 0 aromatic heterocycles. The molecule has 0 aliphatic carbocycles. The average molecular weight is 286 g/mol. The molecular weight excluding hydrogens is 268 g/mol. The number of hydrogen-bond acceptors (Lipinski definition) is 3. The summed E-state index contributed by atoms with van der Waals surface area (Å²) in [5, 5.41) is 0. The van der Waals surface area contributed by atoms with Crippen LogP contribution in [-0.2, 0) is 14.3 Å². The van der Waals surface area contributed by atoms with Gasteiger partial charge in [-0.2, -0.15) is 0 Å². The van der Waals surface area contributed by atoms with Gasteiger partial charge < -0.3 is 4.74 Å². The zero-order valence-corrected chi connectivity index (χ0v) is 12.0. The van der Waals surface area contributed by atoms with Crippen molar-refractivity contribution in [2.75, 3.05) is 0 Å². The van der Waals surface area contributed by atoms with Gasteiger partial charge in [0.2, 0.25) is 11.8 Å². The van der Waals surface area contributed by atoms with E-state index in [9.17, 15) is 9.59 Å². The first-order valence-electron chi connectivity index (χ1n) is 7.49. The van der Waals surface area contributed by atoms with Gasteiger partial charge >= 0.3 is 0 Å². The molecule has 1 aromatic carbocycles. The summed E-state index contributed by atoms with van der Waals surface area (Å²) < 4.78 is 5.96. The average Bonchev–Trinajstić information content (AvgIpc) is 3.03. The van der Waals surface area contributed by atoms with Gasteiger partial charge in [-0.1, -0.05) is 29.8 Å². The maximum Gasteiger partial charge on any atom is 0.226 e. The predicted octanol–water partition coefficient (Wildman–Crippen LogP) is 1.92. The second-order valence-electron chi connectivity index (χ2n) is 6.01. The van der Waals surface area contributed by atoms with E-state index in [4.69, 9.17) is 4.74 Å². The molecule has 3 saturated heterocycles. The first-order chi connectivity index (χ1) is 10.1. The molecule has 2 amide bonds. The summed E-state index contributed by atoms with van der Waals surface area (Å²) in [4.78, 5) is 28.0. The van der Waals surface area contributed by atoms with Crippen LogP contribution in [0.15, 0.2) is 24.3 Å². The van der Waals surface area contributed by atoms with Crippen molar-refractivity contribution in [3.63, 3.8) is 0 Å². The van der Waals surface area contributed by atoms with Crippen LogP contribution in [0.2, 0.25) is 0 Å². The van der Waals surface area contributed by atoms with Crippen molar-refractivity contribution in [2.45, 2.75) is 51.2 Å². The van der Waals surface area contributed by atoms with Crippen LogP contribution in [-0.4, -0.2) is 34.1 Å². The van der Waals surface area contributed by atoms with Crippen LogP contribution >= 0.6 is 0 Å². The van der Waals surface area contributed by atoms with Crippen molar-refractivity contribution in [3.8, 4) is 0 Å². The third kappa shape index (κ3) is 1.87. The minimum Gasteiger partial charge on any atom is -0.335 e. The Kier molecular flexibility index (Phi) is 2.79. The first kappa shape index (κ1) is 12.8. The van der Waals surface area contributed by atoms with Crippen molar-refractivity contribution in [3.05, 3.63) is 35.4 Å². The van der Waals surface area contributed by atoms with Crippen LogP contribution in [0.25, 0.3) is 0 Å². The Morgan fingerprint density at radius 2 is 1.48 bits per heavy atom. The third-order valence-corrected chi connectivity index (χ3v) is 4.62. The second kappa shape index (κ2) is 4.56.